The smallest absolute Gasteiger partial charge is 0.433 e. The number of nitrogens with zero attached hydrogens (tertiary/aromatic N) is 1. The van der Waals surface area contributed by atoms with Crippen LogP contribution in [0.2, 0.25) is 0 Å². The van der Waals surface area contributed by atoms with Crippen molar-refractivity contribution in [3.05, 3.63) is 53.3 Å². The van der Waals surface area contributed by atoms with E-state index in [1.807, 2.05) is 19.9 Å². The van der Waals surface area contributed by atoms with E-state index in [0.717, 1.165) is 36.2 Å². The molecular weight excluding hydrogens is 345 g/mol. The van der Waals surface area contributed by atoms with Gasteiger partial charge in [0.1, 0.15) is 5.69 Å². The third-order valence-electron chi connectivity index (χ3n) is 4.93. The van der Waals surface area contributed by atoms with Gasteiger partial charge in [0.05, 0.1) is 6.04 Å². The minimum Gasteiger partial charge on any atom is -0.465 e. The topological polar surface area (TPSA) is 62.2 Å². The summed E-state index contributed by atoms with van der Waals surface area (Å²) in [5, 5.41) is 11.7. The molecule has 1 aromatic heterocycles. The van der Waals surface area contributed by atoms with Gasteiger partial charge in [-0.15, -0.1) is 0 Å². The monoisotopic (exact) mass is 364 g/mol. The Balaban J connectivity index is 2.01. The highest BCUT2D eigenvalue weighted by Gasteiger charge is 2.37. The van der Waals surface area contributed by atoms with Gasteiger partial charge in [-0.2, -0.15) is 13.2 Å². The van der Waals surface area contributed by atoms with Crippen molar-refractivity contribution in [1.29, 1.82) is 0 Å². The minimum atomic E-state index is -4.50. The lowest BCUT2D eigenvalue weighted by molar-refractivity contribution is -0.141. The predicted molar refractivity (Wildman–Crippen MR) is 90.7 cm³/mol. The number of nitrogens with one attached hydrogen (secondary N) is 1. The molecule has 0 saturated carbocycles. The van der Waals surface area contributed by atoms with Gasteiger partial charge in [-0.3, -0.25) is 4.98 Å². The molecule has 0 fully saturated rings. The molecule has 0 unspecified atom stereocenters. The van der Waals surface area contributed by atoms with E-state index in [1.165, 1.54) is 6.07 Å². The van der Waals surface area contributed by atoms with Crippen molar-refractivity contribution in [2.24, 2.45) is 5.41 Å². The summed E-state index contributed by atoms with van der Waals surface area (Å²) in [5.41, 5.74) is 1.74. The van der Waals surface area contributed by atoms with E-state index in [-0.39, 0.29) is 11.5 Å². The number of pyridine rings is 1. The molecule has 0 saturated heterocycles. The van der Waals surface area contributed by atoms with Gasteiger partial charge in [0.2, 0.25) is 0 Å². The van der Waals surface area contributed by atoms with Crippen LogP contribution in [0.5, 0.6) is 0 Å². The number of amides is 1. The molecule has 0 spiro atoms. The predicted octanol–water partition coefficient (Wildman–Crippen LogP) is 5.05. The van der Waals surface area contributed by atoms with Gasteiger partial charge in [0.15, 0.2) is 0 Å². The quantitative estimate of drug-likeness (QED) is 0.784. The fourth-order valence-corrected chi connectivity index (χ4v) is 3.47. The van der Waals surface area contributed by atoms with Gasteiger partial charge in [-0.1, -0.05) is 32.0 Å². The molecule has 0 bridgehead atoms. The first kappa shape index (κ1) is 18.2. The Hall–Kier alpha value is -2.57. The summed E-state index contributed by atoms with van der Waals surface area (Å²) < 4.78 is 38.7. The van der Waals surface area contributed by atoms with Crippen molar-refractivity contribution in [2.75, 3.05) is 0 Å². The summed E-state index contributed by atoms with van der Waals surface area (Å²) in [7, 11) is 0. The van der Waals surface area contributed by atoms with Crippen LogP contribution in [-0.2, 0) is 12.6 Å². The van der Waals surface area contributed by atoms with Gasteiger partial charge in [0, 0.05) is 6.20 Å². The Labute approximate surface area is 149 Å². The third kappa shape index (κ3) is 3.52. The van der Waals surface area contributed by atoms with Crippen molar-refractivity contribution >= 4 is 6.09 Å². The number of rotatable bonds is 2. The van der Waals surface area contributed by atoms with E-state index in [9.17, 15) is 18.0 Å². The molecule has 138 valence electrons. The van der Waals surface area contributed by atoms with E-state index in [2.05, 4.69) is 10.3 Å². The Morgan fingerprint density at radius 1 is 1.23 bits per heavy atom. The van der Waals surface area contributed by atoms with Crippen LogP contribution in [0.1, 0.15) is 43.1 Å². The number of halogens is 3. The molecule has 0 aliphatic heterocycles. The average molecular weight is 364 g/mol. The molecule has 2 N–H and O–H groups in total. The summed E-state index contributed by atoms with van der Waals surface area (Å²) in [6.45, 7) is 4.01. The summed E-state index contributed by atoms with van der Waals surface area (Å²) in [4.78, 5) is 14.5. The van der Waals surface area contributed by atoms with Gasteiger partial charge in [0.25, 0.3) is 0 Å². The van der Waals surface area contributed by atoms with Crippen LogP contribution in [-0.4, -0.2) is 16.2 Å². The normalized spacial score (nSPS) is 18.9. The first-order valence-electron chi connectivity index (χ1n) is 8.24. The number of alkyl halides is 3. The molecule has 7 heteroatoms. The van der Waals surface area contributed by atoms with E-state index in [0.29, 0.717) is 11.1 Å². The van der Waals surface area contributed by atoms with Gasteiger partial charge >= 0.3 is 12.3 Å². The number of benzene rings is 1. The molecule has 1 heterocycles. The van der Waals surface area contributed by atoms with Gasteiger partial charge in [-0.05, 0) is 52.6 Å². The molecule has 2 aromatic rings. The Bertz CT molecular complexity index is 847. The van der Waals surface area contributed by atoms with Crippen molar-refractivity contribution in [2.45, 2.75) is 38.9 Å². The SMILES string of the molecule is CC1(C)CCc2cc(-c3ccnc(C(F)(F)F)c3)ccc2[C@H]1NC(=O)O. The lowest BCUT2D eigenvalue weighted by Gasteiger charge is -2.40. The zero-order valence-corrected chi connectivity index (χ0v) is 14.4. The van der Waals surface area contributed by atoms with Gasteiger partial charge < -0.3 is 10.4 Å². The van der Waals surface area contributed by atoms with Crippen molar-refractivity contribution < 1.29 is 23.1 Å². The number of carbonyl (C=O) groups is 1. The minimum absolute atomic E-state index is 0.243. The number of aromatic nitrogens is 1. The van der Waals surface area contributed by atoms with Crippen LogP contribution in [0.3, 0.4) is 0 Å². The second kappa shape index (κ2) is 6.30. The van der Waals surface area contributed by atoms with Crippen LogP contribution < -0.4 is 5.32 Å². The highest BCUT2D eigenvalue weighted by atomic mass is 19.4. The Kier molecular flexibility index (Phi) is 4.42. The molecule has 3 rings (SSSR count). The second-order valence-electron chi connectivity index (χ2n) is 7.21. The van der Waals surface area contributed by atoms with E-state index in [4.69, 9.17) is 5.11 Å². The third-order valence-corrected chi connectivity index (χ3v) is 4.93. The first-order valence-corrected chi connectivity index (χ1v) is 8.24. The van der Waals surface area contributed by atoms with Crippen LogP contribution >= 0.6 is 0 Å². The summed E-state index contributed by atoms with van der Waals surface area (Å²) in [5.74, 6) is 0. The number of hydrogen-bond acceptors (Lipinski definition) is 2. The molecule has 1 aliphatic rings. The second-order valence-corrected chi connectivity index (χ2v) is 7.21. The summed E-state index contributed by atoms with van der Waals surface area (Å²) in [6.07, 6.45) is -2.92. The lowest BCUT2D eigenvalue weighted by Crippen LogP contribution is -2.40. The van der Waals surface area contributed by atoms with Crippen molar-refractivity contribution in [1.82, 2.24) is 10.3 Å². The standard InChI is InChI=1S/C19H19F3N2O2/c1-18(2)7-5-13-9-11(3-4-14(13)16(18)24-17(25)26)12-6-8-23-15(10-12)19(20,21)22/h3-4,6,8-10,16,24H,5,7H2,1-2H3,(H,25,26)/t16-/m1/s1. The molecule has 26 heavy (non-hydrogen) atoms. The highest BCUT2D eigenvalue weighted by Crippen LogP contribution is 2.44. The van der Waals surface area contributed by atoms with Crippen LogP contribution in [0.25, 0.3) is 11.1 Å². The van der Waals surface area contributed by atoms with Crippen molar-refractivity contribution in [3.63, 3.8) is 0 Å². The van der Waals surface area contributed by atoms with Crippen LogP contribution in [0.4, 0.5) is 18.0 Å². The maximum absolute atomic E-state index is 12.9. The summed E-state index contributed by atoms with van der Waals surface area (Å²) in [6, 6.07) is 7.59. The molecule has 1 aliphatic carbocycles. The summed E-state index contributed by atoms with van der Waals surface area (Å²) >= 11 is 0. The van der Waals surface area contributed by atoms with E-state index >= 15 is 0 Å². The maximum Gasteiger partial charge on any atom is 0.433 e. The molecule has 4 nitrogen and oxygen atoms in total. The Morgan fingerprint density at radius 2 is 1.92 bits per heavy atom. The van der Waals surface area contributed by atoms with Crippen LogP contribution in [0, 0.1) is 5.41 Å². The lowest BCUT2D eigenvalue weighted by atomic mass is 9.70. The van der Waals surface area contributed by atoms with E-state index < -0.39 is 18.0 Å². The van der Waals surface area contributed by atoms with Crippen LogP contribution in [0.15, 0.2) is 36.5 Å². The molecule has 1 amide bonds. The number of aryl methyl sites for hydroxylation is 1. The van der Waals surface area contributed by atoms with Crippen molar-refractivity contribution in [3.8, 4) is 11.1 Å². The first-order chi connectivity index (χ1) is 12.1. The van der Waals surface area contributed by atoms with Gasteiger partial charge in [-0.25, -0.2) is 4.79 Å². The average Bonchev–Trinajstić information content (AvgIpc) is 2.56. The molecular formula is C19H19F3N2O2. The maximum atomic E-state index is 12.9. The number of carboxylic acid groups (broad SMARTS) is 1. The zero-order valence-electron chi connectivity index (χ0n) is 14.4. The molecule has 1 aromatic carbocycles. The molecule has 1 atom stereocenters. The Morgan fingerprint density at radius 3 is 2.58 bits per heavy atom. The number of fused-ring (bicyclic) bond motifs is 1. The fraction of sp³-hybridized carbons (Fsp3) is 0.368. The van der Waals surface area contributed by atoms with E-state index in [1.54, 1.807) is 12.1 Å². The highest BCUT2D eigenvalue weighted by molar-refractivity contribution is 5.68. The largest absolute Gasteiger partial charge is 0.465 e. The zero-order chi connectivity index (χ0) is 19.1. The molecule has 0 radical (unpaired) electrons. The fourth-order valence-electron chi connectivity index (χ4n) is 3.47. The number of hydrogen-bond donors (Lipinski definition) is 2.